The molecule has 1 unspecified atom stereocenters. The van der Waals surface area contributed by atoms with Crippen molar-refractivity contribution >= 4 is 17.6 Å². The van der Waals surface area contributed by atoms with Crippen molar-refractivity contribution in [2.75, 3.05) is 33.2 Å². The fraction of sp³-hybridized carbons (Fsp3) is 0.364. The number of nitrogens with two attached hydrogens (primary N) is 1. The van der Waals surface area contributed by atoms with Gasteiger partial charge in [0, 0.05) is 24.7 Å². The number of methoxy groups -OCH3 is 3. The number of anilines is 1. The molecule has 3 rings (SSSR count). The topological polar surface area (TPSA) is 103 Å². The molecule has 8 nitrogen and oxygen atoms in total. The Bertz CT molecular complexity index is 933. The van der Waals surface area contributed by atoms with Gasteiger partial charge in [-0.2, -0.15) is 0 Å². The molecule has 8 heteroatoms. The summed E-state index contributed by atoms with van der Waals surface area (Å²) >= 11 is 0. The number of benzene rings is 2. The van der Waals surface area contributed by atoms with Crippen molar-refractivity contribution in [1.82, 2.24) is 4.90 Å². The van der Waals surface area contributed by atoms with E-state index in [1.807, 2.05) is 6.07 Å². The molecule has 2 aromatic rings. The number of primary amides is 1. The SMILES string of the molecule is COc1cccc(NC(=O)N2CCCC2(Cc2ccc(OC)c(OC)c2)C(N)=O)c1. The average molecular weight is 413 g/mol. The number of hydrogen-bond donors (Lipinski definition) is 2. The number of hydrogen-bond acceptors (Lipinski definition) is 5. The zero-order valence-corrected chi connectivity index (χ0v) is 17.4. The van der Waals surface area contributed by atoms with E-state index in [4.69, 9.17) is 19.9 Å². The molecule has 0 spiro atoms. The van der Waals surface area contributed by atoms with Crippen molar-refractivity contribution in [2.24, 2.45) is 5.73 Å². The van der Waals surface area contributed by atoms with Crippen LogP contribution in [0.25, 0.3) is 0 Å². The second-order valence-corrected chi connectivity index (χ2v) is 7.18. The van der Waals surface area contributed by atoms with Crippen LogP contribution in [0.3, 0.4) is 0 Å². The Morgan fingerprint density at radius 3 is 2.50 bits per heavy atom. The van der Waals surface area contributed by atoms with Gasteiger partial charge in [-0.05, 0) is 42.7 Å². The monoisotopic (exact) mass is 413 g/mol. The molecular weight excluding hydrogens is 386 g/mol. The Balaban J connectivity index is 1.87. The number of nitrogens with zero attached hydrogens (tertiary/aromatic N) is 1. The molecule has 3 amide bonds. The maximum absolute atomic E-state index is 13.1. The first-order valence-corrected chi connectivity index (χ1v) is 9.67. The number of carbonyl (C=O) groups excluding carboxylic acids is 2. The van der Waals surface area contributed by atoms with Crippen LogP contribution >= 0.6 is 0 Å². The van der Waals surface area contributed by atoms with Gasteiger partial charge in [-0.15, -0.1) is 0 Å². The molecule has 0 aliphatic carbocycles. The summed E-state index contributed by atoms with van der Waals surface area (Å²) in [5.74, 6) is 1.24. The number of rotatable bonds is 7. The van der Waals surface area contributed by atoms with E-state index < -0.39 is 11.4 Å². The van der Waals surface area contributed by atoms with Crippen LogP contribution in [-0.4, -0.2) is 50.3 Å². The van der Waals surface area contributed by atoms with E-state index in [0.29, 0.717) is 42.3 Å². The van der Waals surface area contributed by atoms with Gasteiger partial charge in [0.1, 0.15) is 11.3 Å². The van der Waals surface area contributed by atoms with E-state index in [2.05, 4.69) is 5.32 Å². The molecule has 1 aliphatic rings. The van der Waals surface area contributed by atoms with Gasteiger partial charge < -0.3 is 30.2 Å². The third-order valence-electron chi connectivity index (χ3n) is 5.46. The zero-order valence-electron chi connectivity index (χ0n) is 17.4. The van der Waals surface area contributed by atoms with Crippen LogP contribution in [0.1, 0.15) is 18.4 Å². The Labute approximate surface area is 175 Å². The van der Waals surface area contributed by atoms with Gasteiger partial charge in [-0.25, -0.2) is 4.79 Å². The number of amides is 3. The second kappa shape index (κ2) is 8.94. The number of carbonyl (C=O) groups is 2. The zero-order chi connectivity index (χ0) is 21.7. The highest BCUT2D eigenvalue weighted by atomic mass is 16.5. The van der Waals surface area contributed by atoms with Crippen molar-refractivity contribution in [3.05, 3.63) is 48.0 Å². The molecule has 3 N–H and O–H groups in total. The number of ether oxygens (including phenoxy) is 3. The molecular formula is C22H27N3O5. The molecule has 160 valence electrons. The van der Waals surface area contributed by atoms with Crippen LogP contribution < -0.4 is 25.3 Å². The maximum Gasteiger partial charge on any atom is 0.322 e. The molecule has 0 radical (unpaired) electrons. The minimum absolute atomic E-state index is 0.286. The van der Waals surface area contributed by atoms with Crippen molar-refractivity contribution in [3.63, 3.8) is 0 Å². The summed E-state index contributed by atoms with van der Waals surface area (Å²) in [5.41, 5.74) is 6.12. The van der Waals surface area contributed by atoms with Gasteiger partial charge in [-0.1, -0.05) is 12.1 Å². The quantitative estimate of drug-likeness (QED) is 0.727. The van der Waals surface area contributed by atoms with Crippen molar-refractivity contribution < 1.29 is 23.8 Å². The van der Waals surface area contributed by atoms with E-state index in [-0.39, 0.29) is 12.5 Å². The van der Waals surface area contributed by atoms with Crippen molar-refractivity contribution in [2.45, 2.75) is 24.8 Å². The standard InChI is InChI=1S/C22H27N3O5/c1-28-17-7-4-6-16(13-17)24-21(27)25-11-5-10-22(25,20(23)26)14-15-8-9-18(29-2)19(12-15)30-3/h4,6-9,12-13H,5,10-11,14H2,1-3H3,(H2,23,26)(H,24,27). The van der Waals surface area contributed by atoms with Gasteiger partial charge in [0.15, 0.2) is 11.5 Å². The Hall–Kier alpha value is -3.42. The first-order valence-electron chi connectivity index (χ1n) is 9.67. The van der Waals surface area contributed by atoms with E-state index in [1.165, 1.54) is 4.90 Å². The summed E-state index contributed by atoms with van der Waals surface area (Å²) in [6.07, 6.45) is 1.46. The maximum atomic E-state index is 13.1. The lowest BCUT2D eigenvalue weighted by Gasteiger charge is -2.36. The Kier molecular flexibility index (Phi) is 6.34. The molecule has 1 saturated heterocycles. The highest BCUT2D eigenvalue weighted by Crippen LogP contribution is 2.36. The first kappa shape index (κ1) is 21.3. The predicted octanol–water partition coefficient (Wildman–Crippen LogP) is 2.81. The number of urea groups is 1. The van der Waals surface area contributed by atoms with Gasteiger partial charge in [0.05, 0.1) is 21.3 Å². The molecule has 1 fully saturated rings. The molecule has 2 aromatic carbocycles. The lowest BCUT2D eigenvalue weighted by atomic mass is 9.87. The van der Waals surface area contributed by atoms with Gasteiger partial charge >= 0.3 is 6.03 Å². The number of nitrogens with one attached hydrogen (secondary N) is 1. The average Bonchev–Trinajstić information content (AvgIpc) is 3.18. The molecule has 0 bridgehead atoms. The summed E-state index contributed by atoms with van der Waals surface area (Å²) in [4.78, 5) is 27.2. The minimum Gasteiger partial charge on any atom is -0.497 e. The van der Waals surface area contributed by atoms with Gasteiger partial charge in [-0.3, -0.25) is 4.79 Å². The molecule has 1 aliphatic heterocycles. The predicted molar refractivity (Wildman–Crippen MR) is 113 cm³/mol. The summed E-state index contributed by atoms with van der Waals surface area (Å²) in [6.45, 7) is 0.437. The third kappa shape index (κ3) is 4.12. The van der Waals surface area contributed by atoms with E-state index >= 15 is 0 Å². The van der Waals surface area contributed by atoms with Crippen LogP contribution in [0.4, 0.5) is 10.5 Å². The fourth-order valence-corrected chi connectivity index (χ4v) is 3.92. The van der Waals surface area contributed by atoms with Crippen LogP contribution in [0, 0.1) is 0 Å². The van der Waals surface area contributed by atoms with E-state index in [9.17, 15) is 9.59 Å². The highest BCUT2D eigenvalue weighted by molar-refractivity contribution is 5.96. The Morgan fingerprint density at radius 1 is 1.07 bits per heavy atom. The number of likely N-dealkylation sites (tertiary alicyclic amines) is 1. The summed E-state index contributed by atoms with van der Waals surface area (Å²) in [7, 11) is 4.67. The summed E-state index contributed by atoms with van der Waals surface area (Å²) in [6, 6.07) is 12.1. The summed E-state index contributed by atoms with van der Waals surface area (Å²) in [5, 5.41) is 2.85. The first-order chi connectivity index (χ1) is 14.4. The van der Waals surface area contributed by atoms with Crippen molar-refractivity contribution in [3.8, 4) is 17.2 Å². The molecule has 30 heavy (non-hydrogen) atoms. The van der Waals surface area contributed by atoms with Crippen molar-refractivity contribution in [1.29, 1.82) is 0 Å². The smallest absolute Gasteiger partial charge is 0.322 e. The van der Waals surface area contributed by atoms with Crippen LogP contribution in [0.5, 0.6) is 17.2 Å². The fourth-order valence-electron chi connectivity index (χ4n) is 3.92. The normalized spacial score (nSPS) is 18.0. The van der Waals surface area contributed by atoms with Crippen LogP contribution in [-0.2, 0) is 11.2 Å². The molecule has 1 heterocycles. The highest BCUT2D eigenvalue weighted by Gasteiger charge is 2.48. The Morgan fingerprint density at radius 2 is 1.83 bits per heavy atom. The van der Waals surface area contributed by atoms with Crippen LogP contribution in [0.15, 0.2) is 42.5 Å². The van der Waals surface area contributed by atoms with E-state index in [0.717, 1.165) is 5.56 Å². The lowest BCUT2D eigenvalue weighted by Crippen LogP contribution is -2.58. The molecule has 1 atom stereocenters. The largest absolute Gasteiger partial charge is 0.497 e. The second-order valence-electron chi connectivity index (χ2n) is 7.18. The minimum atomic E-state index is -1.12. The van der Waals surface area contributed by atoms with Gasteiger partial charge in [0.2, 0.25) is 5.91 Å². The van der Waals surface area contributed by atoms with Gasteiger partial charge in [0.25, 0.3) is 0 Å². The third-order valence-corrected chi connectivity index (χ3v) is 5.46. The lowest BCUT2D eigenvalue weighted by molar-refractivity contribution is -0.127. The summed E-state index contributed by atoms with van der Waals surface area (Å²) < 4.78 is 15.8. The molecule has 0 aromatic heterocycles. The van der Waals surface area contributed by atoms with E-state index in [1.54, 1.807) is 57.7 Å². The van der Waals surface area contributed by atoms with Crippen LogP contribution in [0.2, 0.25) is 0 Å². The molecule has 0 saturated carbocycles.